The molecule has 2 aromatic carbocycles. The highest BCUT2D eigenvalue weighted by atomic mass is 32.1. The van der Waals surface area contributed by atoms with Crippen LogP contribution in [0.15, 0.2) is 70.8 Å². The Morgan fingerprint density at radius 2 is 1.79 bits per heavy atom. The molecule has 0 saturated carbocycles. The van der Waals surface area contributed by atoms with Crippen molar-refractivity contribution in [1.29, 1.82) is 0 Å². The van der Waals surface area contributed by atoms with Crippen LogP contribution in [-0.2, 0) is 6.61 Å². The third-order valence-corrected chi connectivity index (χ3v) is 4.36. The van der Waals surface area contributed by atoms with E-state index >= 15 is 0 Å². The highest BCUT2D eigenvalue weighted by molar-refractivity contribution is 7.13. The van der Waals surface area contributed by atoms with E-state index in [0.29, 0.717) is 12.5 Å². The molecule has 6 heteroatoms. The Bertz CT molecular complexity index is 903. The number of hydrogen-bond acceptors (Lipinski definition) is 6. The lowest BCUT2D eigenvalue weighted by Crippen LogP contribution is -1.95. The minimum atomic E-state index is 0.434. The lowest BCUT2D eigenvalue weighted by Gasteiger charge is -2.04. The van der Waals surface area contributed by atoms with Crippen LogP contribution in [0, 0.1) is 0 Å². The number of ether oxygens (including phenoxy) is 1. The zero-order valence-corrected chi connectivity index (χ0v) is 13.4. The number of thiazole rings is 1. The van der Waals surface area contributed by atoms with Gasteiger partial charge in [-0.1, -0.05) is 30.3 Å². The van der Waals surface area contributed by atoms with Crippen LogP contribution in [0.1, 0.15) is 5.69 Å². The fraction of sp³-hybridized carbons (Fsp3) is 0.0556. The molecule has 24 heavy (non-hydrogen) atoms. The topological polar surface area (TPSA) is 61.0 Å². The van der Waals surface area contributed by atoms with Gasteiger partial charge in [0.2, 0.25) is 12.3 Å². The molecule has 4 aromatic rings. The molecule has 0 aliphatic carbocycles. The summed E-state index contributed by atoms with van der Waals surface area (Å²) in [5.41, 5.74) is 2.90. The average molecular weight is 335 g/mol. The van der Waals surface area contributed by atoms with Crippen molar-refractivity contribution >= 4 is 11.3 Å². The molecular formula is C18H13N3O2S. The van der Waals surface area contributed by atoms with Gasteiger partial charge in [-0.2, -0.15) is 0 Å². The lowest BCUT2D eigenvalue weighted by molar-refractivity contribution is 0.302. The molecule has 0 amide bonds. The van der Waals surface area contributed by atoms with Gasteiger partial charge in [0.15, 0.2) is 0 Å². The number of benzene rings is 2. The van der Waals surface area contributed by atoms with Gasteiger partial charge in [0.25, 0.3) is 0 Å². The maximum Gasteiger partial charge on any atom is 0.247 e. The summed E-state index contributed by atoms with van der Waals surface area (Å²) in [6.07, 6.45) is 1.31. The molecule has 118 valence electrons. The van der Waals surface area contributed by atoms with Gasteiger partial charge in [-0.15, -0.1) is 21.5 Å². The number of hydrogen-bond donors (Lipinski definition) is 0. The molecule has 0 radical (unpaired) electrons. The van der Waals surface area contributed by atoms with Crippen molar-refractivity contribution in [1.82, 2.24) is 15.2 Å². The van der Waals surface area contributed by atoms with E-state index in [4.69, 9.17) is 9.15 Å². The van der Waals surface area contributed by atoms with Crippen molar-refractivity contribution < 1.29 is 9.15 Å². The predicted molar refractivity (Wildman–Crippen MR) is 91.6 cm³/mol. The van der Waals surface area contributed by atoms with Crippen LogP contribution in [0.2, 0.25) is 0 Å². The minimum Gasteiger partial charge on any atom is -0.487 e. The number of nitrogens with zero attached hydrogens (tertiary/aromatic N) is 3. The van der Waals surface area contributed by atoms with Crippen LogP contribution in [-0.4, -0.2) is 15.2 Å². The van der Waals surface area contributed by atoms with Crippen LogP contribution in [0.4, 0.5) is 0 Å². The van der Waals surface area contributed by atoms with E-state index in [2.05, 4.69) is 27.3 Å². The molecule has 2 aromatic heterocycles. The van der Waals surface area contributed by atoms with Gasteiger partial charge in [-0.25, -0.2) is 4.98 Å². The van der Waals surface area contributed by atoms with Gasteiger partial charge in [0, 0.05) is 16.5 Å². The summed E-state index contributed by atoms with van der Waals surface area (Å²) in [5.74, 6) is 1.26. The summed E-state index contributed by atoms with van der Waals surface area (Å²) in [4.78, 5) is 4.61. The van der Waals surface area contributed by atoms with E-state index in [-0.39, 0.29) is 0 Å². The molecule has 0 aliphatic rings. The van der Waals surface area contributed by atoms with Crippen molar-refractivity contribution in [3.63, 3.8) is 0 Å². The second-order valence-electron chi connectivity index (χ2n) is 5.07. The first-order valence-corrected chi connectivity index (χ1v) is 8.26. The quantitative estimate of drug-likeness (QED) is 0.539. The molecule has 0 saturated heterocycles. The molecule has 0 unspecified atom stereocenters. The third kappa shape index (κ3) is 3.18. The van der Waals surface area contributed by atoms with E-state index in [1.807, 2.05) is 47.8 Å². The molecule has 4 rings (SSSR count). The Labute approximate surface area is 142 Å². The molecule has 0 fully saturated rings. The molecule has 0 bridgehead atoms. The van der Waals surface area contributed by atoms with Gasteiger partial charge >= 0.3 is 0 Å². The van der Waals surface area contributed by atoms with Crippen molar-refractivity contribution in [3.05, 3.63) is 72.1 Å². The Balaban J connectivity index is 1.41. The maximum absolute atomic E-state index is 5.79. The number of aromatic nitrogens is 3. The summed E-state index contributed by atoms with van der Waals surface area (Å²) < 4.78 is 11.0. The minimum absolute atomic E-state index is 0.434. The van der Waals surface area contributed by atoms with Crippen molar-refractivity contribution in [3.8, 4) is 27.8 Å². The third-order valence-electron chi connectivity index (χ3n) is 3.42. The van der Waals surface area contributed by atoms with Crippen molar-refractivity contribution in [2.45, 2.75) is 6.61 Å². The molecule has 0 N–H and O–H groups in total. The summed E-state index contributed by atoms with van der Waals surface area (Å²) in [6, 6.07) is 17.7. The molecule has 5 nitrogen and oxygen atoms in total. The Kier molecular flexibility index (Phi) is 4.04. The van der Waals surface area contributed by atoms with Crippen LogP contribution in [0.25, 0.3) is 22.0 Å². The van der Waals surface area contributed by atoms with Gasteiger partial charge < -0.3 is 9.15 Å². The predicted octanol–water partition coefficient (Wildman–Crippen LogP) is 4.44. The van der Waals surface area contributed by atoms with Crippen LogP contribution >= 0.6 is 11.3 Å². The van der Waals surface area contributed by atoms with Gasteiger partial charge in [0.05, 0.1) is 5.69 Å². The maximum atomic E-state index is 5.79. The van der Waals surface area contributed by atoms with Crippen molar-refractivity contribution in [2.24, 2.45) is 0 Å². The zero-order valence-electron chi connectivity index (χ0n) is 12.6. The Hall–Kier alpha value is -2.99. The van der Waals surface area contributed by atoms with Crippen LogP contribution in [0.3, 0.4) is 0 Å². The Morgan fingerprint density at radius 1 is 0.958 bits per heavy atom. The fourth-order valence-electron chi connectivity index (χ4n) is 2.24. The van der Waals surface area contributed by atoms with E-state index in [1.165, 1.54) is 6.39 Å². The monoisotopic (exact) mass is 335 g/mol. The van der Waals surface area contributed by atoms with E-state index in [0.717, 1.165) is 27.6 Å². The summed E-state index contributed by atoms with van der Waals surface area (Å²) >= 11 is 1.62. The summed E-state index contributed by atoms with van der Waals surface area (Å²) in [5, 5.41) is 10.6. The highest BCUT2D eigenvalue weighted by Gasteiger charge is 2.06. The summed E-state index contributed by atoms with van der Waals surface area (Å²) in [7, 11) is 0. The summed E-state index contributed by atoms with van der Waals surface area (Å²) in [6.45, 7) is 0.434. The lowest BCUT2D eigenvalue weighted by atomic mass is 10.2. The molecule has 2 heterocycles. The fourth-order valence-corrected chi connectivity index (χ4v) is 3.05. The molecule has 0 aliphatic heterocycles. The highest BCUT2D eigenvalue weighted by Crippen LogP contribution is 2.25. The average Bonchev–Trinajstić information content (AvgIpc) is 3.33. The SMILES string of the molecule is c1ccc(-c2nc(COc3ccc(-c4nnco4)cc3)cs2)cc1. The molecule has 0 atom stereocenters. The smallest absolute Gasteiger partial charge is 0.247 e. The van der Waals surface area contributed by atoms with E-state index < -0.39 is 0 Å². The van der Waals surface area contributed by atoms with Crippen LogP contribution in [0.5, 0.6) is 5.75 Å². The first-order chi connectivity index (χ1) is 11.9. The standard InChI is InChI=1S/C18H13N3O2S/c1-2-4-14(5-3-1)18-20-15(11-24-18)10-22-16-8-6-13(7-9-16)17-21-19-12-23-17/h1-9,11-12H,10H2. The molecule has 0 spiro atoms. The first kappa shape index (κ1) is 14.6. The second-order valence-corrected chi connectivity index (χ2v) is 5.93. The van der Waals surface area contributed by atoms with Gasteiger partial charge in [0.1, 0.15) is 17.4 Å². The second kappa shape index (κ2) is 6.64. The van der Waals surface area contributed by atoms with E-state index in [1.54, 1.807) is 11.3 Å². The van der Waals surface area contributed by atoms with E-state index in [9.17, 15) is 0 Å². The normalized spacial score (nSPS) is 10.7. The largest absolute Gasteiger partial charge is 0.487 e. The van der Waals surface area contributed by atoms with Gasteiger partial charge in [-0.3, -0.25) is 0 Å². The van der Waals surface area contributed by atoms with Crippen LogP contribution < -0.4 is 4.74 Å². The first-order valence-electron chi connectivity index (χ1n) is 7.38. The molecular weight excluding hydrogens is 322 g/mol. The van der Waals surface area contributed by atoms with Gasteiger partial charge in [-0.05, 0) is 24.3 Å². The zero-order chi connectivity index (χ0) is 16.2. The van der Waals surface area contributed by atoms with Crippen molar-refractivity contribution in [2.75, 3.05) is 0 Å². The Morgan fingerprint density at radius 3 is 2.54 bits per heavy atom. The number of rotatable bonds is 5.